The summed E-state index contributed by atoms with van der Waals surface area (Å²) in [4.78, 5) is 41.5. The molecule has 0 radical (unpaired) electrons. The molecule has 0 fully saturated rings. The number of hydrogen-bond donors (Lipinski definition) is 1. The zero-order valence-corrected chi connectivity index (χ0v) is 20.7. The average Bonchev–Trinajstić information content (AvgIpc) is 2.83. The van der Waals surface area contributed by atoms with Crippen LogP contribution < -0.4 is 10.1 Å². The molecule has 0 saturated carbocycles. The second-order valence-electron chi connectivity index (χ2n) is 8.95. The number of nitrogens with zero attached hydrogens (tertiary/aromatic N) is 2. The maximum Gasteiger partial charge on any atom is 0.257 e. The van der Waals surface area contributed by atoms with Crippen molar-refractivity contribution in [2.45, 2.75) is 32.9 Å². The van der Waals surface area contributed by atoms with Gasteiger partial charge in [-0.15, -0.1) is 0 Å². The van der Waals surface area contributed by atoms with Crippen molar-refractivity contribution >= 4 is 23.4 Å². The van der Waals surface area contributed by atoms with Crippen molar-refractivity contribution in [2.75, 3.05) is 39.2 Å². The number of carbonyl (C=O) groups is 3. The molecule has 0 aromatic heterocycles. The molecule has 8 nitrogen and oxygen atoms in total. The van der Waals surface area contributed by atoms with Gasteiger partial charge in [0.1, 0.15) is 18.2 Å². The normalized spacial score (nSPS) is 21.3. The van der Waals surface area contributed by atoms with E-state index in [9.17, 15) is 18.8 Å². The minimum absolute atomic E-state index is 0.119. The van der Waals surface area contributed by atoms with Gasteiger partial charge in [-0.05, 0) is 49.4 Å². The van der Waals surface area contributed by atoms with Crippen LogP contribution in [0.2, 0.25) is 0 Å². The van der Waals surface area contributed by atoms with Gasteiger partial charge in [-0.25, -0.2) is 4.39 Å². The summed E-state index contributed by atoms with van der Waals surface area (Å²) in [5.74, 6) is -0.954. The lowest BCUT2D eigenvalue weighted by Gasteiger charge is -2.36. The van der Waals surface area contributed by atoms with Crippen LogP contribution in [0.4, 0.5) is 10.1 Å². The molecule has 35 heavy (non-hydrogen) atoms. The minimum atomic E-state index is -0.414. The van der Waals surface area contributed by atoms with E-state index in [2.05, 4.69) is 5.32 Å². The van der Waals surface area contributed by atoms with Crippen LogP contribution in [0.5, 0.6) is 5.75 Å². The van der Waals surface area contributed by atoms with Gasteiger partial charge in [0.2, 0.25) is 5.91 Å². The topological polar surface area (TPSA) is 88.2 Å². The monoisotopic (exact) mass is 485 g/mol. The van der Waals surface area contributed by atoms with E-state index in [-0.39, 0.29) is 48.9 Å². The Morgan fingerprint density at radius 1 is 1.11 bits per heavy atom. The Morgan fingerprint density at radius 3 is 2.43 bits per heavy atom. The number of nitrogens with one attached hydrogen (secondary N) is 1. The molecule has 9 heteroatoms. The van der Waals surface area contributed by atoms with Crippen LogP contribution in [0, 0.1) is 11.7 Å². The third kappa shape index (κ3) is 6.36. The van der Waals surface area contributed by atoms with E-state index in [1.807, 2.05) is 13.8 Å². The van der Waals surface area contributed by atoms with Crippen LogP contribution in [0.1, 0.15) is 41.5 Å². The molecule has 3 atom stereocenters. The Labute approximate surface area is 205 Å². The van der Waals surface area contributed by atoms with Gasteiger partial charge >= 0.3 is 0 Å². The highest BCUT2D eigenvalue weighted by atomic mass is 19.1. The van der Waals surface area contributed by atoms with E-state index < -0.39 is 5.82 Å². The molecule has 2 aromatic rings. The standard InChI is InChI=1S/C26H32FN3O5/c1-16-13-30(25(32)19-6-8-20(27)9-7-19)17(2)15-35-23-11-10-21(28-18(3)31)12-22(23)26(33)29(4)14-24(16)34-5/h6-12,16-17,24H,13-15H2,1-5H3,(H,28,31)/t16-,17+,24-/m1/s1. The highest BCUT2D eigenvalue weighted by Gasteiger charge is 2.31. The summed E-state index contributed by atoms with van der Waals surface area (Å²) in [6.45, 7) is 5.98. The number of likely N-dealkylation sites (N-methyl/N-ethyl adjacent to an activating group) is 1. The van der Waals surface area contributed by atoms with E-state index in [0.717, 1.165) is 0 Å². The first-order valence-corrected chi connectivity index (χ1v) is 11.5. The lowest BCUT2D eigenvalue weighted by molar-refractivity contribution is -0.114. The third-order valence-corrected chi connectivity index (χ3v) is 6.12. The fraction of sp³-hybridized carbons (Fsp3) is 0.423. The summed E-state index contributed by atoms with van der Waals surface area (Å²) >= 11 is 0. The van der Waals surface area contributed by atoms with Crippen molar-refractivity contribution in [3.05, 3.63) is 59.4 Å². The molecular formula is C26H32FN3O5. The molecule has 0 unspecified atom stereocenters. The highest BCUT2D eigenvalue weighted by Crippen LogP contribution is 2.27. The van der Waals surface area contributed by atoms with Crippen LogP contribution in [0.25, 0.3) is 0 Å². The summed E-state index contributed by atoms with van der Waals surface area (Å²) in [6.07, 6.45) is -0.345. The molecule has 0 aliphatic carbocycles. The van der Waals surface area contributed by atoms with E-state index in [0.29, 0.717) is 29.1 Å². The third-order valence-electron chi connectivity index (χ3n) is 6.12. The summed E-state index contributed by atoms with van der Waals surface area (Å²) in [5.41, 5.74) is 1.15. The summed E-state index contributed by atoms with van der Waals surface area (Å²) in [6, 6.07) is 9.96. The average molecular weight is 486 g/mol. The SMILES string of the molecule is CO[C@@H]1CN(C)C(=O)c2cc(NC(C)=O)ccc2OC[C@H](C)N(C(=O)c2ccc(F)cc2)C[C@H]1C. The van der Waals surface area contributed by atoms with Crippen molar-refractivity contribution in [1.82, 2.24) is 9.80 Å². The summed E-state index contributed by atoms with van der Waals surface area (Å²) in [7, 11) is 3.25. The number of hydrogen-bond acceptors (Lipinski definition) is 5. The zero-order valence-electron chi connectivity index (χ0n) is 20.7. The number of methoxy groups -OCH3 is 1. The highest BCUT2D eigenvalue weighted by molar-refractivity contribution is 5.99. The number of carbonyl (C=O) groups excluding carboxylic acids is 3. The fourth-order valence-corrected chi connectivity index (χ4v) is 4.10. The van der Waals surface area contributed by atoms with Crippen LogP contribution in [0.3, 0.4) is 0 Å². The van der Waals surface area contributed by atoms with E-state index >= 15 is 0 Å². The molecule has 0 spiro atoms. The van der Waals surface area contributed by atoms with Gasteiger partial charge in [-0.2, -0.15) is 0 Å². The Bertz CT molecular complexity index is 1080. The number of rotatable bonds is 3. The van der Waals surface area contributed by atoms with Gasteiger partial charge in [-0.3, -0.25) is 14.4 Å². The lowest BCUT2D eigenvalue weighted by atomic mass is 10.0. The largest absolute Gasteiger partial charge is 0.491 e. The van der Waals surface area contributed by atoms with Crippen molar-refractivity contribution in [2.24, 2.45) is 5.92 Å². The number of anilines is 1. The smallest absolute Gasteiger partial charge is 0.257 e. The van der Waals surface area contributed by atoms with Gasteiger partial charge in [-0.1, -0.05) is 6.92 Å². The Kier molecular flexibility index (Phi) is 8.45. The maximum absolute atomic E-state index is 13.4. The van der Waals surface area contributed by atoms with Crippen LogP contribution in [0.15, 0.2) is 42.5 Å². The van der Waals surface area contributed by atoms with Crippen molar-refractivity contribution in [3.8, 4) is 5.75 Å². The van der Waals surface area contributed by atoms with E-state index in [4.69, 9.17) is 9.47 Å². The van der Waals surface area contributed by atoms with Crippen molar-refractivity contribution in [3.63, 3.8) is 0 Å². The second-order valence-corrected chi connectivity index (χ2v) is 8.95. The maximum atomic E-state index is 13.4. The Hall–Kier alpha value is -3.46. The molecule has 0 saturated heterocycles. The molecule has 2 aromatic carbocycles. The molecule has 3 amide bonds. The first-order valence-electron chi connectivity index (χ1n) is 11.5. The molecule has 1 heterocycles. The summed E-state index contributed by atoms with van der Waals surface area (Å²) < 4.78 is 25.2. The number of amides is 3. The Morgan fingerprint density at radius 2 is 1.80 bits per heavy atom. The van der Waals surface area contributed by atoms with Gasteiger partial charge in [0, 0.05) is 51.3 Å². The Balaban J connectivity index is 1.99. The number of benzene rings is 2. The van der Waals surface area contributed by atoms with E-state index in [1.54, 1.807) is 42.2 Å². The zero-order chi connectivity index (χ0) is 25.7. The second kappa shape index (κ2) is 11.3. The predicted octanol–water partition coefficient (Wildman–Crippen LogP) is 3.43. The van der Waals surface area contributed by atoms with E-state index in [1.165, 1.54) is 31.2 Å². The molecule has 1 aliphatic rings. The van der Waals surface area contributed by atoms with Gasteiger partial charge in [0.05, 0.1) is 17.7 Å². The molecular weight excluding hydrogens is 453 g/mol. The van der Waals surface area contributed by atoms with Crippen molar-refractivity contribution < 1.29 is 28.2 Å². The molecule has 188 valence electrons. The number of ether oxygens (including phenoxy) is 2. The van der Waals surface area contributed by atoms with Gasteiger partial charge in [0.15, 0.2) is 0 Å². The molecule has 3 rings (SSSR count). The molecule has 1 N–H and O–H groups in total. The number of halogens is 1. The van der Waals surface area contributed by atoms with Crippen molar-refractivity contribution in [1.29, 1.82) is 0 Å². The quantitative estimate of drug-likeness (QED) is 0.720. The lowest BCUT2D eigenvalue weighted by Crippen LogP contribution is -2.48. The van der Waals surface area contributed by atoms with Gasteiger partial charge < -0.3 is 24.6 Å². The summed E-state index contributed by atoms with van der Waals surface area (Å²) in [5, 5.41) is 2.69. The van der Waals surface area contributed by atoms with Crippen LogP contribution in [-0.2, 0) is 9.53 Å². The first kappa shape index (κ1) is 26.2. The van der Waals surface area contributed by atoms with Crippen LogP contribution in [-0.4, -0.2) is 73.5 Å². The first-order chi connectivity index (χ1) is 16.6. The van der Waals surface area contributed by atoms with Crippen LogP contribution >= 0.6 is 0 Å². The molecule has 1 aliphatic heterocycles. The molecule has 0 bridgehead atoms. The minimum Gasteiger partial charge on any atom is -0.491 e. The number of fused-ring (bicyclic) bond motifs is 1. The predicted molar refractivity (Wildman–Crippen MR) is 130 cm³/mol. The van der Waals surface area contributed by atoms with Gasteiger partial charge in [0.25, 0.3) is 11.8 Å². The fourth-order valence-electron chi connectivity index (χ4n) is 4.10.